The molecule has 1 unspecified atom stereocenters. The molecule has 0 amide bonds. The number of hydrogen-bond acceptors (Lipinski definition) is 3. The van der Waals surface area contributed by atoms with E-state index in [2.05, 4.69) is 0 Å². The molecule has 5 heavy (non-hydrogen) atoms. The van der Waals surface area contributed by atoms with Crippen LogP contribution in [0.25, 0.3) is 0 Å². The van der Waals surface area contributed by atoms with Crippen LogP contribution in [0.2, 0.25) is 0 Å². The van der Waals surface area contributed by atoms with Gasteiger partial charge < -0.3 is 10.3 Å². The van der Waals surface area contributed by atoms with Crippen LogP contribution in [0.4, 0.5) is 0 Å². The molecule has 34 valence electrons. The lowest BCUT2D eigenvalue weighted by Crippen LogP contribution is -4.05. The van der Waals surface area contributed by atoms with E-state index in [1.54, 1.807) is 0 Å². The molecule has 0 spiro atoms. The Labute approximate surface area is 41.7 Å². The average molecular weight is 210 g/mol. The Morgan fingerprint density at radius 2 is 1.00 bits per heavy atom. The van der Waals surface area contributed by atoms with Crippen LogP contribution >= 0.6 is 9.90 Å². The summed E-state index contributed by atoms with van der Waals surface area (Å²) in [6, 6.07) is 0. The van der Waals surface area contributed by atoms with Gasteiger partial charge in [-0.05, 0) is 9.90 Å². The molecule has 0 radical (unpaired) electrons. The topological polar surface area (TPSA) is 69.2 Å². The van der Waals surface area contributed by atoms with Gasteiger partial charge in [-0.3, -0.25) is 0 Å². The fourth-order valence-electron chi connectivity index (χ4n) is 0. The molecule has 0 aliphatic carbocycles. The van der Waals surface area contributed by atoms with Gasteiger partial charge in [0.05, 0.1) is 0 Å². The van der Waals surface area contributed by atoms with Crippen molar-refractivity contribution in [1.82, 2.24) is 0 Å². The van der Waals surface area contributed by atoms with Crippen molar-refractivity contribution in [2.75, 3.05) is 0 Å². The smallest absolute Gasteiger partial charge is 0.282 e. The lowest BCUT2D eigenvalue weighted by molar-refractivity contribution is -1.73. The molecule has 0 saturated heterocycles. The fourth-order valence-corrected chi connectivity index (χ4v) is 0. The van der Waals surface area contributed by atoms with Crippen LogP contribution in [-0.2, 0) is 0 Å². The Balaban J connectivity index is 0. The molecule has 0 bridgehead atoms. The van der Waals surface area contributed by atoms with Crippen molar-refractivity contribution in [3.8, 4) is 0 Å². The van der Waals surface area contributed by atoms with E-state index in [-0.39, 0.29) is 9.90 Å². The second-order valence-corrected chi connectivity index (χ2v) is 1.27. The maximum atomic E-state index is 8.57. The number of hydrogen-bond donors (Lipinski definition) is 0. The normalized spacial score (nSPS) is 7.20. The zero-order valence-electron chi connectivity index (χ0n) is 2.60. The lowest BCUT2D eigenvalue weighted by atomic mass is 16.0. The van der Waals surface area contributed by atoms with E-state index in [1.165, 1.54) is 0 Å². The highest BCUT2D eigenvalue weighted by molar-refractivity contribution is 6.92. The zero-order chi connectivity index (χ0) is 3.58. The maximum Gasteiger partial charge on any atom is 0.282 e. The molecule has 0 aliphatic rings. The first-order valence-corrected chi connectivity index (χ1v) is 3.11. The van der Waals surface area contributed by atoms with Crippen molar-refractivity contribution in [1.29, 1.82) is 0 Å². The molecule has 0 aromatic rings. The van der Waals surface area contributed by atoms with Crippen molar-refractivity contribution >= 4 is 9.90 Å². The average Bonchev–Trinajstić information content (AvgIpc) is 0.811. The summed E-state index contributed by atoms with van der Waals surface area (Å²) < 4.78 is 25.7. The van der Waals surface area contributed by atoms with Crippen LogP contribution < -0.4 is 31.4 Å². The number of halogens is 1. The quantitative estimate of drug-likeness (QED) is 0.294. The van der Waals surface area contributed by atoms with Gasteiger partial charge in [-0.25, -0.2) is 0 Å². The van der Waals surface area contributed by atoms with Gasteiger partial charge in [0.1, 0.15) is 0 Å². The summed E-state index contributed by atoms with van der Waals surface area (Å²) in [5.41, 5.74) is 0. The predicted octanol–water partition coefficient (Wildman–Crippen LogP) is -6.77. The molecular weight excluding hydrogens is 206 g/mol. The molecule has 3 nitrogen and oxygen atoms in total. The summed E-state index contributed by atoms with van der Waals surface area (Å²) in [5, 5.41) is 0. The van der Waals surface area contributed by atoms with Crippen LogP contribution in [-0.4, -0.2) is 0 Å². The summed E-state index contributed by atoms with van der Waals surface area (Å²) in [5.74, 6) is 0. The molecule has 0 saturated carbocycles. The third kappa shape index (κ3) is 43.1. The lowest BCUT2D eigenvalue weighted by Gasteiger charge is -1.84. The van der Waals surface area contributed by atoms with Gasteiger partial charge in [0.2, 0.25) is 0 Å². The molecule has 0 aromatic carbocycles. The van der Waals surface area contributed by atoms with E-state index >= 15 is 0 Å². The van der Waals surface area contributed by atoms with E-state index in [1.807, 2.05) is 0 Å². The highest BCUT2D eigenvalue weighted by atomic mass is 127. The SMILES string of the molecule is [O-][I+2]([O-])[O-].[PH4+]. The molecule has 0 rings (SSSR count). The Hall–Kier alpha value is 1.04. The second kappa shape index (κ2) is 5.04. The summed E-state index contributed by atoms with van der Waals surface area (Å²) in [4.78, 5) is 0. The minimum absolute atomic E-state index is 0. The van der Waals surface area contributed by atoms with E-state index in [0.717, 1.165) is 0 Å². The minimum atomic E-state index is -4.01. The Bertz CT molecular complexity index is 11.6. The summed E-state index contributed by atoms with van der Waals surface area (Å²) >= 11 is -4.01. The highest BCUT2D eigenvalue weighted by Gasteiger charge is 1.70. The van der Waals surface area contributed by atoms with Gasteiger partial charge in [0, 0.05) is 0 Å². The third-order valence-electron chi connectivity index (χ3n) is 0. The Kier molecular flexibility index (Phi) is 9.48. The minimum Gasteiger partial charge on any atom is -0.427 e. The van der Waals surface area contributed by atoms with Crippen LogP contribution in [0.5, 0.6) is 0 Å². The monoisotopic (exact) mass is 210 g/mol. The molecule has 0 heterocycles. The first-order chi connectivity index (χ1) is 1.73. The molecule has 0 aromatic heterocycles. The van der Waals surface area contributed by atoms with Gasteiger partial charge in [0.15, 0.2) is 0 Å². The third-order valence-corrected chi connectivity index (χ3v) is 0. The van der Waals surface area contributed by atoms with Crippen molar-refractivity contribution in [3.05, 3.63) is 0 Å². The van der Waals surface area contributed by atoms with Crippen molar-refractivity contribution in [3.63, 3.8) is 0 Å². The van der Waals surface area contributed by atoms with E-state index < -0.39 is 21.1 Å². The molecular formula is H4IO3P. The maximum absolute atomic E-state index is 8.57. The van der Waals surface area contributed by atoms with Crippen molar-refractivity contribution < 1.29 is 31.4 Å². The summed E-state index contributed by atoms with van der Waals surface area (Å²) in [6.07, 6.45) is 0. The Morgan fingerprint density at radius 3 is 1.00 bits per heavy atom. The van der Waals surface area contributed by atoms with Crippen molar-refractivity contribution in [2.45, 2.75) is 0 Å². The molecule has 0 fully saturated rings. The van der Waals surface area contributed by atoms with Gasteiger partial charge in [-0.15, -0.1) is 0 Å². The molecule has 1 atom stereocenters. The van der Waals surface area contributed by atoms with Crippen molar-refractivity contribution in [2.24, 2.45) is 0 Å². The van der Waals surface area contributed by atoms with Gasteiger partial charge in [-0.1, -0.05) is 0 Å². The predicted molar refractivity (Wildman–Crippen MR) is 12.5 cm³/mol. The van der Waals surface area contributed by atoms with Gasteiger partial charge in [-0.2, -0.15) is 0 Å². The summed E-state index contributed by atoms with van der Waals surface area (Å²) in [6.45, 7) is 0. The van der Waals surface area contributed by atoms with Crippen LogP contribution in [0.1, 0.15) is 0 Å². The Morgan fingerprint density at radius 1 is 1.00 bits per heavy atom. The van der Waals surface area contributed by atoms with Gasteiger partial charge in [0.25, 0.3) is 21.1 Å². The van der Waals surface area contributed by atoms with Crippen LogP contribution in [0.15, 0.2) is 0 Å². The van der Waals surface area contributed by atoms with E-state index in [4.69, 9.17) is 10.3 Å². The van der Waals surface area contributed by atoms with Crippen LogP contribution in [0, 0.1) is 0 Å². The molecule has 0 N–H and O–H groups in total. The molecule has 5 heteroatoms. The number of rotatable bonds is 0. The van der Waals surface area contributed by atoms with Crippen LogP contribution in [0.3, 0.4) is 0 Å². The zero-order valence-corrected chi connectivity index (χ0v) is 6.76. The first-order valence-electron chi connectivity index (χ1n) is 0.463. The van der Waals surface area contributed by atoms with E-state index in [9.17, 15) is 0 Å². The second-order valence-electron chi connectivity index (χ2n) is 0.189. The molecule has 0 aliphatic heterocycles. The summed E-state index contributed by atoms with van der Waals surface area (Å²) in [7, 11) is 0. The standard InChI is InChI=1S/IO3.H3P/c2-1(3)4;/h;1H3/q-1;/p+1. The highest BCUT2D eigenvalue weighted by Crippen LogP contribution is 0.861. The largest absolute Gasteiger partial charge is 0.427 e. The first kappa shape index (κ1) is 9.40. The van der Waals surface area contributed by atoms with Gasteiger partial charge >= 0.3 is 0 Å². The van der Waals surface area contributed by atoms with E-state index in [0.29, 0.717) is 0 Å². The fraction of sp³-hybridized carbons (Fsp3) is 0.